The van der Waals surface area contributed by atoms with Crippen LogP contribution in [0.3, 0.4) is 0 Å². The van der Waals surface area contributed by atoms with Crippen molar-refractivity contribution >= 4 is 23.5 Å². The van der Waals surface area contributed by atoms with Crippen LogP contribution in [0.2, 0.25) is 5.02 Å². The zero-order chi connectivity index (χ0) is 20.9. The number of methoxy groups -OCH3 is 1. The Morgan fingerprint density at radius 3 is 2.68 bits per heavy atom. The Hall–Kier alpha value is -1.80. The first-order chi connectivity index (χ1) is 13.2. The first-order valence-corrected chi connectivity index (χ1v) is 9.47. The van der Waals surface area contributed by atoms with Gasteiger partial charge in [-0.05, 0) is 44.0 Å². The summed E-state index contributed by atoms with van der Waals surface area (Å²) in [4.78, 5) is 27.7. The van der Waals surface area contributed by atoms with Crippen LogP contribution in [0.4, 0.5) is 13.2 Å². The average molecular weight is 421 g/mol. The lowest BCUT2D eigenvalue weighted by Gasteiger charge is -2.38. The van der Waals surface area contributed by atoms with Crippen LogP contribution in [0.5, 0.6) is 0 Å². The number of ether oxygens (including phenoxy) is 1. The third kappa shape index (κ3) is 5.85. The van der Waals surface area contributed by atoms with Gasteiger partial charge in [0.25, 0.3) is 0 Å². The summed E-state index contributed by atoms with van der Waals surface area (Å²) in [6, 6.07) is 6.01. The van der Waals surface area contributed by atoms with E-state index in [0.29, 0.717) is 30.0 Å². The number of nitrogens with zero attached hydrogens (tertiary/aromatic N) is 2. The van der Waals surface area contributed by atoms with Gasteiger partial charge >= 0.3 is 12.1 Å². The number of hydrogen-bond donors (Lipinski definition) is 0. The lowest BCUT2D eigenvalue weighted by molar-refractivity contribution is -0.165. The van der Waals surface area contributed by atoms with Gasteiger partial charge in [-0.15, -0.1) is 0 Å². The molecule has 1 aromatic rings. The molecule has 5 nitrogen and oxygen atoms in total. The van der Waals surface area contributed by atoms with Crippen molar-refractivity contribution in [3.63, 3.8) is 0 Å². The highest BCUT2D eigenvalue weighted by Crippen LogP contribution is 2.30. The standard InChI is InChI=1S/C19H24ClF3N2O3/c1-3-24(12-19(21,22)23)17(26)14-7-5-9-25(11-14)16(18(27)28-2)13-6-4-8-15(20)10-13/h4,6,8,10,14,16H,3,5,7,9,11-12H2,1-2H3/t14-,16+/m0/s1. The number of piperidine rings is 1. The Labute approximate surface area is 167 Å². The van der Waals surface area contributed by atoms with Crippen LogP contribution < -0.4 is 0 Å². The molecule has 0 spiro atoms. The second kappa shape index (κ2) is 9.60. The molecule has 2 atom stereocenters. The van der Waals surface area contributed by atoms with E-state index in [4.69, 9.17) is 16.3 Å². The highest BCUT2D eigenvalue weighted by Gasteiger charge is 2.38. The van der Waals surface area contributed by atoms with Crippen LogP contribution in [-0.2, 0) is 14.3 Å². The van der Waals surface area contributed by atoms with E-state index in [-0.39, 0.29) is 13.1 Å². The van der Waals surface area contributed by atoms with Crippen molar-refractivity contribution in [1.29, 1.82) is 0 Å². The van der Waals surface area contributed by atoms with Crippen molar-refractivity contribution in [2.24, 2.45) is 5.92 Å². The first-order valence-electron chi connectivity index (χ1n) is 9.09. The molecule has 28 heavy (non-hydrogen) atoms. The molecular formula is C19H24ClF3N2O3. The van der Waals surface area contributed by atoms with E-state index in [1.165, 1.54) is 14.0 Å². The minimum atomic E-state index is -4.45. The quantitative estimate of drug-likeness (QED) is 0.659. The van der Waals surface area contributed by atoms with E-state index < -0.39 is 36.6 Å². The summed E-state index contributed by atoms with van der Waals surface area (Å²) >= 11 is 6.04. The summed E-state index contributed by atoms with van der Waals surface area (Å²) in [5.74, 6) is -1.65. The molecule has 0 aromatic heterocycles. The van der Waals surface area contributed by atoms with Crippen LogP contribution in [0.1, 0.15) is 31.4 Å². The number of hydrogen-bond acceptors (Lipinski definition) is 4. The van der Waals surface area contributed by atoms with Crippen LogP contribution in [0.25, 0.3) is 0 Å². The number of halogens is 4. The van der Waals surface area contributed by atoms with E-state index >= 15 is 0 Å². The zero-order valence-corrected chi connectivity index (χ0v) is 16.6. The molecule has 1 aliphatic heterocycles. The highest BCUT2D eigenvalue weighted by molar-refractivity contribution is 6.30. The Morgan fingerprint density at radius 2 is 2.11 bits per heavy atom. The molecule has 2 rings (SSSR count). The van der Waals surface area contributed by atoms with Gasteiger partial charge in [0, 0.05) is 18.1 Å². The third-order valence-corrected chi connectivity index (χ3v) is 5.05. The summed E-state index contributed by atoms with van der Waals surface area (Å²) in [5, 5.41) is 0.457. The summed E-state index contributed by atoms with van der Waals surface area (Å²) in [6.07, 6.45) is -3.38. The lowest BCUT2D eigenvalue weighted by Crippen LogP contribution is -2.49. The van der Waals surface area contributed by atoms with E-state index in [1.54, 1.807) is 29.2 Å². The van der Waals surface area contributed by atoms with Gasteiger partial charge in [0.2, 0.25) is 5.91 Å². The number of rotatable bonds is 6. The second-order valence-electron chi connectivity index (χ2n) is 6.78. The van der Waals surface area contributed by atoms with Crippen LogP contribution in [0, 0.1) is 5.92 Å². The number of esters is 1. The molecule has 1 heterocycles. The molecule has 1 aliphatic rings. The Kier molecular flexibility index (Phi) is 7.71. The number of benzene rings is 1. The molecule has 0 bridgehead atoms. The zero-order valence-electron chi connectivity index (χ0n) is 15.8. The topological polar surface area (TPSA) is 49.9 Å². The molecule has 0 radical (unpaired) electrons. The molecule has 1 aromatic carbocycles. The van der Waals surface area contributed by atoms with Gasteiger partial charge in [0.1, 0.15) is 12.6 Å². The van der Waals surface area contributed by atoms with E-state index in [1.807, 2.05) is 0 Å². The smallest absolute Gasteiger partial charge is 0.406 e. The third-order valence-electron chi connectivity index (χ3n) is 4.82. The fraction of sp³-hybridized carbons (Fsp3) is 0.579. The fourth-order valence-corrected chi connectivity index (χ4v) is 3.75. The van der Waals surface area contributed by atoms with Crippen LogP contribution in [0.15, 0.2) is 24.3 Å². The predicted octanol–water partition coefficient (Wildman–Crippen LogP) is 3.68. The summed E-state index contributed by atoms with van der Waals surface area (Å²) in [5.41, 5.74) is 0.620. The summed E-state index contributed by atoms with van der Waals surface area (Å²) in [6.45, 7) is 0.936. The van der Waals surface area contributed by atoms with E-state index in [0.717, 1.165) is 4.90 Å². The molecule has 0 aliphatic carbocycles. The van der Waals surface area contributed by atoms with Gasteiger partial charge in [-0.1, -0.05) is 23.7 Å². The predicted molar refractivity (Wildman–Crippen MR) is 98.8 cm³/mol. The minimum Gasteiger partial charge on any atom is -0.468 e. The number of carbonyl (C=O) groups excluding carboxylic acids is 2. The van der Waals surface area contributed by atoms with Crippen molar-refractivity contribution in [3.8, 4) is 0 Å². The lowest BCUT2D eigenvalue weighted by atomic mass is 9.93. The Bertz CT molecular complexity index is 699. The van der Waals surface area contributed by atoms with Gasteiger partial charge in [0.15, 0.2) is 0 Å². The Balaban J connectivity index is 2.21. The Morgan fingerprint density at radius 1 is 1.39 bits per heavy atom. The summed E-state index contributed by atoms with van der Waals surface area (Å²) in [7, 11) is 1.27. The van der Waals surface area contributed by atoms with Crippen molar-refractivity contribution < 1.29 is 27.5 Å². The minimum absolute atomic E-state index is 0.0242. The molecule has 1 amide bonds. The molecule has 1 saturated heterocycles. The molecule has 0 saturated carbocycles. The largest absolute Gasteiger partial charge is 0.468 e. The number of carbonyl (C=O) groups is 2. The number of amides is 1. The summed E-state index contributed by atoms with van der Waals surface area (Å²) < 4.78 is 43.2. The molecule has 0 unspecified atom stereocenters. The van der Waals surface area contributed by atoms with Crippen LogP contribution >= 0.6 is 11.6 Å². The fourth-order valence-electron chi connectivity index (χ4n) is 3.55. The first kappa shape index (κ1) is 22.5. The van der Waals surface area contributed by atoms with Gasteiger partial charge in [-0.3, -0.25) is 9.69 Å². The van der Waals surface area contributed by atoms with Crippen molar-refractivity contribution in [3.05, 3.63) is 34.9 Å². The van der Waals surface area contributed by atoms with Crippen LogP contribution in [-0.4, -0.2) is 61.1 Å². The van der Waals surface area contributed by atoms with Crippen molar-refractivity contribution in [1.82, 2.24) is 9.80 Å². The maximum Gasteiger partial charge on any atom is 0.406 e. The normalized spacial score (nSPS) is 19.1. The van der Waals surface area contributed by atoms with Crippen molar-refractivity contribution in [2.75, 3.05) is 33.3 Å². The van der Waals surface area contributed by atoms with Gasteiger partial charge in [-0.2, -0.15) is 13.2 Å². The van der Waals surface area contributed by atoms with Gasteiger partial charge in [0.05, 0.1) is 13.0 Å². The maximum atomic E-state index is 12.8. The van der Waals surface area contributed by atoms with Crippen molar-refractivity contribution in [2.45, 2.75) is 32.0 Å². The number of likely N-dealkylation sites (tertiary alicyclic amines) is 1. The SMILES string of the molecule is CCN(CC(F)(F)F)C(=O)[C@H]1CCCN([C@@H](C(=O)OC)c2cccc(Cl)c2)C1. The molecule has 0 N–H and O–H groups in total. The highest BCUT2D eigenvalue weighted by atomic mass is 35.5. The monoisotopic (exact) mass is 420 g/mol. The van der Waals surface area contributed by atoms with Gasteiger partial charge in [-0.25, -0.2) is 4.79 Å². The van der Waals surface area contributed by atoms with E-state index in [9.17, 15) is 22.8 Å². The molecule has 1 fully saturated rings. The number of alkyl halides is 3. The second-order valence-corrected chi connectivity index (χ2v) is 7.22. The molecular weight excluding hydrogens is 397 g/mol. The average Bonchev–Trinajstić information content (AvgIpc) is 2.65. The molecule has 9 heteroatoms. The maximum absolute atomic E-state index is 12.8. The van der Waals surface area contributed by atoms with Gasteiger partial charge < -0.3 is 9.64 Å². The molecule has 156 valence electrons. The van der Waals surface area contributed by atoms with E-state index in [2.05, 4.69) is 0 Å².